The summed E-state index contributed by atoms with van der Waals surface area (Å²) < 4.78 is 62.5. The Labute approximate surface area is 326 Å². The van der Waals surface area contributed by atoms with Gasteiger partial charge in [0.15, 0.2) is 0 Å². The van der Waals surface area contributed by atoms with E-state index >= 15 is 0 Å². The predicted octanol–water partition coefficient (Wildman–Crippen LogP) is 5.56. The van der Waals surface area contributed by atoms with Crippen LogP contribution in [0.3, 0.4) is 0 Å². The molecule has 0 radical (unpaired) electrons. The lowest BCUT2D eigenvalue weighted by molar-refractivity contribution is -0.125. The summed E-state index contributed by atoms with van der Waals surface area (Å²) in [4.78, 5) is 47.8. The van der Waals surface area contributed by atoms with Crippen LogP contribution in [0.2, 0.25) is 0 Å². The van der Waals surface area contributed by atoms with E-state index in [0.717, 1.165) is 20.6 Å². The van der Waals surface area contributed by atoms with Crippen molar-refractivity contribution in [3.05, 3.63) is 96.6 Å². The van der Waals surface area contributed by atoms with Crippen LogP contribution in [0.1, 0.15) is 40.1 Å². The van der Waals surface area contributed by atoms with Gasteiger partial charge in [-0.2, -0.15) is 8.78 Å². The summed E-state index contributed by atoms with van der Waals surface area (Å²) in [7, 11) is 0. The van der Waals surface area contributed by atoms with Crippen molar-refractivity contribution in [1.82, 2.24) is 24.8 Å². The first-order valence-corrected chi connectivity index (χ1v) is 18.5. The average molecular weight is 786 g/mol. The van der Waals surface area contributed by atoms with Crippen LogP contribution in [0.4, 0.5) is 8.78 Å². The number of nitrogens with one attached hydrogen (secondary N) is 1. The third-order valence-electron chi connectivity index (χ3n) is 9.48. The van der Waals surface area contributed by atoms with Crippen LogP contribution in [-0.4, -0.2) is 109 Å². The minimum absolute atomic E-state index is 0.206. The lowest BCUT2D eigenvalue weighted by Gasteiger charge is -2.29. The number of halogens is 2. The average Bonchev–Trinajstić information content (AvgIpc) is 3.67. The summed E-state index contributed by atoms with van der Waals surface area (Å²) in [6.45, 7) is 4.49. The number of hydrogen-bond acceptors (Lipinski definition) is 11. The van der Waals surface area contributed by atoms with Crippen molar-refractivity contribution in [3.8, 4) is 22.8 Å². The standard InChI is InChI=1S/C41H41F2N5O9/c1-26-2-8-35(38(49)46-26)48-39(50)31-7-5-29(23-32(31)40(48)51)56-20-18-54-16-14-52-12-13-53-15-17-55-19-21-57-37-9-4-28(24-45-37)27-3-6-30-33-25-44-11-10-34(33)47(41(42)43)36(30)22-27/h3-7,9-11,22-25,35,41H,1-2,8,12-21H2,(H,46,49). The van der Waals surface area contributed by atoms with Crippen LogP contribution < -0.4 is 14.8 Å². The Morgan fingerprint density at radius 3 is 2.05 bits per heavy atom. The number of pyridine rings is 2. The van der Waals surface area contributed by atoms with Crippen LogP contribution in [0.15, 0.2) is 85.5 Å². The Kier molecular flexibility index (Phi) is 12.7. The summed E-state index contributed by atoms with van der Waals surface area (Å²) >= 11 is 0. The molecule has 1 atom stereocenters. The molecule has 14 nitrogen and oxygen atoms in total. The topological polar surface area (TPSA) is 153 Å². The van der Waals surface area contributed by atoms with Gasteiger partial charge in [0.1, 0.15) is 25.0 Å². The maximum atomic E-state index is 14.0. The first-order valence-electron chi connectivity index (χ1n) is 18.5. The third-order valence-corrected chi connectivity index (χ3v) is 9.48. The molecule has 0 saturated carbocycles. The lowest BCUT2D eigenvalue weighted by Crippen LogP contribution is -2.51. The van der Waals surface area contributed by atoms with Gasteiger partial charge in [-0.05, 0) is 54.8 Å². The molecule has 0 spiro atoms. The smallest absolute Gasteiger partial charge is 0.319 e. The van der Waals surface area contributed by atoms with Crippen LogP contribution in [0.25, 0.3) is 32.9 Å². The van der Waals surface area contributed by atoms with Crippen molar-refractivity contribution in [1.29, 1.82) is 0 Å². The Balaban J connectivity index is 0.704. The lowest BCUT2D eigenvalue weighted by atomic mass is 10.0. The number of alkyl halides is 2. The quantitative estimate of drug-likeness (QED) is 0.0780. The summed E-state index contributed by atoms with van der Waals surface area (Å²) in [5.74, 6) is -0.586. The molecule has 298 valence electrons. The van der Waals surface area contributed by atoms with Gasteiger partial charge in [-0.25, -0.2) is 4.98 Å². The fourth-order valence-corrected chi connectivity index (χ4v) is 6.72. The second kappa shape index (κ2) is 18.4. The Bertz CT molecular complexity index is 2250. The first kappa shape index (κ1) is 39.4. The van der Waals surface area contributed by atoms with Crippen LogP contribution >= 0.6 is 0 Å². The number of aromatic nitrogens is 3. The number of ether oxygens (including phenoxy) is 6. The molecule has 7 rings (SSSR count). The van der Waals surface area contributed by atoms with Crippen molar-refractivity contribution < 1.29 is 51.6 Å². The molecule has 1 saturated heterocycles. The number of nitrogens with zero attached hydrogens (tertiary/aromatic N) is 4. The van der Waals surface area contributed by atoms with Gasteiger partial charge in [0, 0.05) is 46.7 Å². The monoisotopic (exact) mass is 785 g/mol. The number of allylic oxidation sites excluding steroid dienone is 1. The van der Waals surface area contributed by atoms with E-state index in [1.807, 2.05) is 18.2 Å². The van der Waals surface area contributed by atoms with Crippen molar-refractivity contribution in [3.63, 3.8) is 0 Å². The zero-order valence-corrected chi connectivity index (χ0v) is 31.0. The van der Waals surface area contributed by atoms with Gasteiger partial charge >= 0.3 is 6.55 Å². The van der Waals surface area contributed by atoms with E-state index in [9.17, 15) is 23.2 Å². The van der Waals surface area contributed by atoms with E-state index in [2.05, 4.69) is 21.9 Å². The molecule has 2 aromatic carbocycles. The molecule has 2 aliphatic rings. The van der Waals surface area contributed by atoms with Gasteiger partial charge in [0.25, 0.3) is 11.8 Å². The Hall–Kier alpha value is -5.81. The number of piperidine rings is 1. The van der Waals surface area contributed by atoms with Crippen LogP contribution in [0, 0.1) is 0 Å². The van der Waals surface area contributed by atoms with Gasteiger partial charge in [-0.3, -0.25) is 28.8 Å². The Morgan fingerprint density at radius 1 is 0.719 bits per heavy atom. The summed E-state index contributed by atoms with van der Waals surface area (Å²) in [5, 5.41) is 4.00. The molecule has 1 unspecified atom stereocenters. The van der Waals surface area contributed by atoms with E-state index in [0.29, 0.717) is 111 Å². The highest BCUT2D eigenvalue weighted by Crippen LogP contribution is 2.35. The molecule has 1 N–H and O–H groups in total. The third kappa shape index (κ3) is 9.10. The summed E-state index contributed by atoms with van der Waals surface area (Å²) in [6, 6.07) is 14.4. The number of benzene rings is 2. The first-order chi connectivity index (χ1) is 27.8. The number of amides is 3. The van der Waals surface area contributed by atoms with E-state index in [1.165, 1.54) is 18.3 Å². The highest BCUT2D eigenvalue weighted by Gasteiger charge is 2.44. The number of carbonyl (C=O) groups excluding carboxylic acids is 3. The fourth-order valence-electron chi connectivity index (χ4n) is 6.72. The highest BCUT2D eigenvalue weighted by atomic mass is 19.3. The number of rotatable bonds is 20. The van der Waals surface area contributed by atoms with Crippen molar-refractivity contribution in [2.75, 3.05) is 66.1 Å². The largest absolute Gasteiger partial charge is 0.491 e. The van der Waals surface area contributed by atoms with Gasteiger partial charge < -0.3 is 33.7 Å². The van der Waals surface area contributed by atoms with Crippen molar-refractivity contribution in [2.45, 2.75) is 25.4 Å². The van der Waals surface area contributed by atoms with Crippen LogP contribution in [0.5, 0.6) is 11.6 Å². The van der Waals surface area contributed by atoms with Crippen molar-refractivity contribution >= 4 is 39.5 Å². The minimum atomic E-state index is -2.69. The normalized spacial score (nSPS) is 15.6. The predicted molar refractivity (Wildman–Crippen MR) is 203 cm³/mol. The molecular formula is C41H41F2N5O9. The molecule has 0 aliphatic carbocycles. The molecule has 5 aromatic rings. The van der Waals surface area contributed by atoms with Gasteiger partial charge in [0.05, 0.1) is 75.0 Å². The number of carbonyl (C=O) groups is 3. The fraction of sp³-hybridized carbons (Fsp3) is 0.341. The van der Waals surface area contributed by atoms with Gasteiger partial charge in [-0.15, -0.1) is 0 Å². The molecule has 2 aliphatic heterocycles. The second-order valence-corrected chi connectivity index (χ2v) is 13.1. The molecule has 3 amide bonds. The number of fused-ring (bicyclic) bond motifs is 4. The maximum absolute atomic E-state index is 14.0. The van der Waals surface area contributed by atoms with E-state index < -0.39 is 30.3 Å². The molecule has 1 fully saturated rings. The van der Waals surface area contributed by atoms with E-state index in [1.54, 1.807) is 36.7 Å². The highest BCUT2D eigenvalue weighted by molar-refractivity contribution is 6.23. The molecule has 3 aromatic heterocycles. The minimum Gasteiger partial charge on any atom is -0.491 e. The zero-order chi connectivity index (χ0) is 39.7. The molecule has 57 heavy (non-hydrogen) atoms. The zero-order valence-electron chi connectivity index (χ0n) is 31.0. The van der Waals surface area contributed by atoms with Gasteiger partial charge in [0.2, 0.25) is 11.8 Å². The molecule has 16 heteroatoms. The number of imide groups is 1. The Morgan fingerprint density at radius 2 is 1.39 bits per heavy atom. The second-order valence-electron chi connectivity index (χ2n) is 13.1. The molecule has 5 heterocycles. The number of hydrogen-bond donors (Lipinski definition) is 1. The SMILES string of the molecule is C=C1CCC(N2C(=O)c3ccc(OCCOCCOCCOCCOCCOc4ccc(-c5ccc6c7cnccc7n(C(F)F)c6c5)cn4)cc3C2=O)C(=O)N1. The molecule has 0 bridgehead atoms. The van der Waals surface area contributed by atoms with Crippen LogP contribution in [-0.2, 0) is 23.7 Å². The van der Waals surface area contributed by atoms with Crippen molar-refractivity contribution in [2.24, 2.45) is 0 Å². The van der Waals surface area contributed by atoms with E-state index in [4.69, 9.17) is 28.4 Å². The molecular weight excluding hydrogens is 744 g/mol. The summed E-state index contributed by atoms with van der Waals surface area (Å²) in [5.41, 5.74) is 3.40. The summed E-state index contributed by atoms with van der Waals surface area (Å²) in [6.07, 6.45) is 5.58. The maximum Gasteiger partial charge on any atom is 0.319 e. The van der Waals surface area contributed by atoms with E-state index in [-0.39, 0.29) is 17.7 Å². The van der Waals surface area contributed by atoms with Gasteiger partial charge in [-0.1, -0.05) is 18.7 Å².